The lowest BCUT2D eigenvalue weighted by Gasteiger charge is -2.17. The van der Waals surface area contributed by atoms with Crippen LogP contribution in [0, 0.1) is 28.7 Å². The van der Waals surface area contributed by atoms with E-state index in [1.807, 2.05) is 0 Å². The maximum atomic E-state index is 13.4. The van der Waals surface area contributed by atoms with Crippen LogP contribution < -0.4 is 4.74 Å². The Bertz CT molecular complexity index is 1360. The predicted molar refractivity (Wildman–Crippen MR) is 134 cm³/mol. The molecule has 0 spiro atoms. The van der Waals surface area contributed by atoms with Crippen molar-refractivity contribution in [2.75, 3.05) is 6.54 Å². The summed E-state index contributed by atoms with van der Waals surface area (Å²) >= 11 is 14.0. The summed E-state index contributed by atoms with van der Waals surface area (Å²) in [4.78, 5) is 11.0. The molecule has 0 bridgehead atoms. The van der Waals surface area contributed by atoms with Gasteiger partial charge >= 0.3 is 0 Å². The third kappa shape index (κ3) is 6.13. The first-order valence-corrected chi connectivity index (χ1v) is 12.2. The molecular formula is C24H18Cl2F2N4O3S. The summed E-state index contributed by atoms with van der Waals surface area (Å²) in [6, 6.07) is 14.7. The number of aryl methyl sites for hydroxylation is 1. The number of hydrogen-bond donors (Lipinski definition) is 0. The van der Waals surface area contributed by atoms with Crippen molar-refractivity contribution in [3.8, 4) is 11.4 Å². The minimum Gasteiger partial charge on any atom is -0.486 e. The minimum absolute atomic E-state index is 0.103. The van der Waals surface area contributed by atoms with Crippen LogP contribution in [0.25, 0.3) is 5.69 Å². The Labute approximate surface area is 219 Å². The first-order valence-electron chi connectivity index (χ1n) is 10.5. The molecule has 0 amide bonds. The molecule has 3 aromatic carbocycles. The molecule has 36 heavy (non-hydrogen) atoms. The van der Waals surface area contributed by atoms with Crippen molar-refractivity contribution in [3.63, 3.8) is 0 Å². The first-order chi connectivity index (χ1) is 17.2. The Morgan fingerprint density at radius 1 is 1.03 bits per heavy atom. The molecule has 0 fully saturated rings. The molecule has 1 heterocycles. The van der Waals surface area contributed by atoms with Crippen molar-refractivity contribution in [1.29, 1.82) is 0 Å². The lowest BCUT2D eigenvalue weighted by atomic mass is 10.1. The second-order valence-corrected chi connectivity index (χ2v) is 9.68. The molecule has 0 aliphatic carbocycles. The molecule has 0 N–H and O–H groups in total. The highest BCUT2D eigenvalue weighted by Gasteiger charge is 2.26. The van der Waals surface area contributed by atoms with Crippen molar-refractivity contribution >= 4 is 35.0 Å². The highest BCUT2D eigenvalue weighted by atomic mass is 35.5. The Morgan fingerprint density at radius 2 is 1.61 bits per heavy atom. The summed E-state index contributed by atoms with van der Waals surface area (Å²) in [5.41, 5.74) is 1.82. The highest BCUT2D eigenvalue weighted by Crippen LogP contribution is 2.42. The van der Waals surface area contributed by atoms with Gasteiger partial charge in [-0.25, -0.2) is 8.78 Å². The third-order valence-electron chi connectivity index (χ3n) is 5.13. The molecular weight excluding hydrogens is 533 g/mol. The topological polar surface area (TPSA) is 83.1 Å². The summed E-state index contributed by atoms with van der Waals surface area (Å²) in [5.74, 6) is -0.0129. The number of benzene rings is 3. The van der Waals surface area contributed by atoms with E-state index in [0.29, 0.717) is 27.8 Å². The van der Waals surface area contributed by atoms with Crippen molar-refractivity contribution < 1.29 is 18.4 Å². The van der Waals surface area contributed by atoms with E-state index in [1.54, 1.807) is 47.9 Å². The number of rotatable bonds is 9. The Morgan fingerprint density at radius 3 is 2.19 bits per heavy atom. The van der Waals surface area contributed by atoms with E-state index in [-0.39, 0.29) is 28.2 Å². The fourth-order valence-corrected chi connectivity index (χ4v) is 5.19. The molecule has 0 radical (unpaired) electrons. The van der Waals surface area contributed by atoms with E-state index in [2.05, 4.69) is 10.2 Å². The molecule has 0 aliphatic heterocycles. The van der Waals surface area contributed by atoms with Gasteiger partial charge in [0.25, 0.3) is 0 Å². The van der Waals surface area contributed by atoms with Crippen LogP contribution in [-0.2, 0) is 6.61 Å². The van der Waals surface area contributed by atoms with Crippen LogP contribution in [0.1, 0.15) is 22.2 Å². The zero-order chi connectivity index (χ0) is 25.8. The van der Waals surface area contributed by atoms with E-state index < -0.39 is 22.5 Å². The van der Waals surface area contributed by atoms with Gasteiger partial charge in [-0.2, -0.15) is 0 Å². The Kier molecular flexibility index (Phi) is 8.07. The average Bonchev–Trinajstić information content (AvgIpc) is 3.19. The molecule has 4 rings (SSSR count). The van der Waals surface area contributed by atoms with Gasteiger partial charge in [0.2, 0.25) is 6.54 Å². The van der Waals surface area contributed by atoms with Crippen LogP contribution in [0.3, 0.4) is 0 Å². The van der Waals surface area contributed by atoms with E-state index >= 15 is 0 Å². The fraction of sp³-hybridized carbons (Fsp3) is 0.167. The van der Waals surface area contributed by atoms with Crippen molar-refractivity contribution in [3.05, 3.63) is 109 Å². The quantitative estimate of drug-likeness (QED) is 0.129. The van der Waals surface area contributed by atoms with Crippen molar-refractivity contribution in [1.82, 2.24) is 14.8 Å². The molecule has 4 aromatic rings. The molecule has 0 saturated carbocycles. The van der Waals surface area contributed by atoms with Crippen molar-refractivity contribution in [2.24, 2.45) is 0 Å². The Hall–Kier alpha value is -3.21. The number of aromatic nitrogens is 3. The molecule has 7 nitrogen and oxygen atoms in total. The standard InChI is InChI=1S/C24H18Cl2F2N4O3S/c1-14-29-30-24(32(14)19-8-6-18(28)7-9-19)36-22(12-31(33)34)16-10-20(25)23(21(26)11-16)35-13-15-2-4-17(27)5-3-15/h2-11,22H,12-13H2,1H3/t22-/m1/s1. The SMILES string of the molecule is Cc1nnc(S[C@H](C[N+](=O)[O-])c2cc(Cl)c(OCc3ccc(F)cc3)c(Cl)c2)n1-c1ccc(F)cc1. The van der Waals surface area contributed by atoms with Crippen molar-refractivity contribution in [2.45, 2.75) is 23.9 Å². The fourth-order valence-electron chi connectivity index (χ4n) is 3.42. The first kappa shape index (κ1) is 25.9. The number of nitrogens with zero attached hydrogens (tertiary/aromatic N) is 4. The zero-order valence-electron chi connectivity index (χ0n) is 18.7. The van der Waals surface area contributed by atoms with E-state index in [1.165, 1.54) is 24.3 Å². The predicted octanol–water partition coefficient (Wildman–Crippen LogP) is 6.85. The zero-order valence-corrected chi connectivity index (χ0v) is 21.0. The van der Waals surface area contributed by atoms with E-state index in [0.717, 1.165) is 11.8 Å². The van der Waals surface area contributed by atoms with Crippen LogP contribution in [-0.4, -0.2) is 26.2 Å². The molecule has 1 atom stereocenters. The highest BCUT2D eigenvalue weighted by molar-refractivity contribution is 7.99. The monoisotopic (exact) mass is 550 g/mol. The summed E-state index contributed by atoms with van der Waals surface area (Å²) in [6.07, 6.45) is 0. The van der Waals surface area contributed by atoms with Gasteiger partial charge in [0.1, 0.15) is 29.3 Å². The van der Waals surface area contributed by atoms with Gasteiger partial charge in [-0.15, -0.1) is 10.2 Å². The second-order valence-electron chi connectivity index (χ2n) is 7.69. The smallest absolute Gasteiger partial charge is 0.220 e. The largest absolute Gasteiger partial charge is 0.486 e. The number of thioether (sulfide) groups is 1. The van der Waals surface area contributed by atoms with Crippen LogP contribution in [0.4, 0.5) is 8.78 Å². The number of ether oxygens (including phenoxy) is 1. The summed E-state index contributed by atoms with van der Waals surface area (Å²) in [6.45, 7) is 1.39. The summed E-state index contributed by atoms with van der Waals surface area (Å²) < 4.78 is 33.9. The van der Waals surface area contributed by atoms with Gasteiger partial charge in [0.05, 0.1) is 10.0 Å². The number of halogens is 4. The molecule has 0 unspecified atom stereocenters. The van der Waals surface area contributed by atoms with Crippen LogP contribution in [0.5, 0.6) is 5.75 Å². The summed E-state index contributed by atoms with van der Waals surface area (Å²) in [7, 11) is 0. The number of nitro groups is 1. The number of hydrogen-bond acceptors (Lipinski definition) is 6. The van der Waals surface area contributed by atoms with Gasteiger partial charge in [-0.3, -0.25) is 14.7 Å². The maximum absolute atomic E-state index is 13.4. The molecule has 12 heteroatoms. The lowest BCUT2D eigenvalue weighted by Crippen LogP contribution is -2.11. The molecule has 0 saturated heterocycles. The van der Waals surface area contributed by atoms with E-state index in [9.17, 15) is 18.9 Å². The average molecular weight is 551 g/mol. The molecule has 1 aromatic heterocycles. The molecule has 0 aliphatic rings. The normalized spacial score (nSPS) is 11.9. The maximum Gasteiger partial charge on any atom is 0.220 e. The van der Waals surface area contributed by atoms with Gasteiger partial charge < -0.3 is 4.74 Å². The Balaban J connectivity index is 1.61. The van der Waals surface area contributed by atoms with Gasteiger partial charge in [0.15, 0.2) is 10.9 Å². The van der Waals surface area contributed by atoms with Gasteiger partial charge in [-0.1, -0.05) is 47.1 Å². The summed E-state index contributed by atoms with van der Waals surface area (Å²) in [5, 5.41) is 19.7. The van der Waals surface area contributed by atoms with Crippen LogP contribution in [0.2, 0.25) is 10.0 Å². The van der Waals surface area contributed by atoms with Gasteiger partial charge in [-0.05, 0) is 66.6 Å². The van der Waals surface area contributed by atoms with Crippen LogP contribution >= 0.6 is 35.0 Å². The van der Waals surface area contributed by atoms with E-state index in [4.69, 9.17) is 27.9 Å². The molecule has 186 valence electrons. The lowest BCUT2D eigenvalue weighted by molar-refractivity contribution is -0.479. The second kappa shape index (κ2) is 11.2. The van der Waals surface area contributed by atoms with Crippen LogP contribution in [0.15, 0.2) is 65.8 Å². The third-order valence-corrected chi connectivity index (χ3v) is 6.87. The van der Waals surface area contributed by atoms with Gasteiger partial charge in [0, 0.05) is 10.6 Å². The minimum atomic E-state index is -0.719.